The maximum Gasteiger partial charge on any atom is 0.168 e. The van der Waals surface area contributed by atoms with E-state index in [0.29, 0.717) is 6.10 Å². The van der Waals surface area contributed by atoms with E-state index >= 15 is 0 Å². The van der Waals surface area contributed by atoms with Crippen LogP contribution in [0.15, 0.2) is 0 Å². The van der Waals surface area contributed by atoms with E-state index in [9.17, 15) is 0 Å². The lowest BCUT2D eigenvalue weighted by Crippen LogP contribution is -2.37. The van der Waals surface area contributed by atoms with Crippen molar-refractivity contribution < 1.29 is 14.2 Å². The molecule has 0 N–H and O–H groups in total. The molecule has 1 heterocycles. The minimum absolute atomic E-state index is 0.238. The molecule has 0 amide bonds. The van der Waals surface area contributed by atoms with Crippen LogP contribution < -0.4 is 0 Å². The normalized spacial score (nSPS) is 24.5. The fraction of sp³-hybridized carbons (Fsp3) is 1.00. The molecule has 1 aliphatic carbocycles. The first-order valence-electron chi connectivity index (χ1n) is 6.82. The molecule has 0 aromatic carbocycles. The highest BCUT2D eigenvalue weighted by Crippen LogP contribution is 2.36. The molecule has 2 fully saturated rings. The second-order valence-electron chi connectivity index (χ2n) is 4.73. The van der Waals surface area contributed by atoms with Crippen molar-refractivity contribution in [3.63, 3.8) is 0 Å². The van der Waals surface area contributed by atoms with Crippen LogP contribution in [0.3, 0.4) is 0 Å². The Hall–Kier alpha value is 0.230. The highest BCUT2D eigenvalue weighted by atomic mass is 32.2. The maximum absolute atomic E-state index is 5.91. The summed E-state index contributed by atoms with van der Waals surface area (Å²) >= 11 is 1.99. The summed E-state index contributed by atoms with van der Waals surface area (Å²) in [5.41, 5.74) is 0. The summed E-state index contributed by atoms with van der Waals surface area (Å²) in [7, 11) is 0. The summed E-state index contributed by atoms with van der Waals surface area (Å²) in [6.07, 6.45) is 5.78. The largest absolute Gasteiger partial charge is 0.378 e. The van der Waals surface area contributed by atoms with Gasteiger partial charge in [-0.1, -0.05) is 6.92 Å². The number of rotatable bonds is 6. The van der Waals surface area contributed by atoms with Gasteiger partial charge in [0.05, 0.1) is 19.3 Å². The zero-order valence-electron chi connectivity index (χ0n) is 10.8. The SMILES string of the molecule is CCSCCCOC1CCC2(CC1)OCCO2. The highest BCUT2D eigenvalue weighted by Gasteiger charge is 2.40. The van der Waals surface area contributed by atoms with E-state index in [2.05, 4.69) is 6.92 Å². The van der Waals surface area contributed by atoms with E-state index < -0.39 is 0 Å². The molecular formula is C13H24O3S. The Morgan fingerprint density at radius 2 is 1.94 bits per heavy atom. The van der Waals surface area contributed by atoms with E-state index in [1.54, 1.807) is 0 Å². The van der Waals surface area contributed by atoms with Gasteiger partial charge in [0, 0.05) is 19.4 Å². The summed E-state index contributed by atoms with van der Waals surface area (Å²) in [6.45, 7) is 4.64. The molecule has 0 radical (unpaired) electrons. The van der Waals surface area contributed by atoms with Crippen LogP contribution in [0.5, 0.6) is 0 Å². The van der Waals surface area contributed by atoms with Gasteiger partial charge in [0.15, 0.2) is 5.79 Å². The molecule has 2 rings (SSSR count). The van der Waals surface area contributed by atoms with Crippen molar-refractivity contribution >= 4 is 11.8 Å². The predicted octanol–water partition coefficient (Wildman–Crippen LogP) is 2.83. The fourth-order valence-electron chi connectivity index (χ4n) is 2.54. The summed E-state index contributed by atoms with van der Waals surface area (Å²) in [5, 5.41) is 0. The van der Waals surface area contributed by atoms with Crippen molar-refractivity contribution in [2.24, 2.45) is 0 Å². The molecule has 100 valence electrons. The van der Waals surface area contributed by atoms with E-state index in [0.717, 1.165) is 45.5 Å². The first-order chi connectivity index (χ1) is 8.35. The van der Waals surface area contributed by atoms with Crippen molar-refractivity contribution in [1.82, 2.24) is 0 Å². The van der Waals surface area contributed by atoms with Gasteiger partial charge in [-0.15, -0.1) is 0 Å². The fourth-order valence-corrected chi connectivity index (χ4v) is 3.15. The second kappa shape index (κ2) is 6.98. The first kappa shape index (κ1) is 13.7. The van der Waals surface area contributed by atoms with Crippen molar-refractivity contribution in [2.45, 2.75) is 50.9 Å². The summed E-state index contributed by atoms with van der Waals surface area (Å²) in [4.78, 5) is 0. The molecule has 0 aromatic heterocycles. The van der Waals surface area contributed by atoms with Gasteiger partial charge in [0.2, 0.25) is 0 Å². The van der Waals surface area contributed by atoms with Crippen LogP contribution in [0, 0.1) is 0 Å². The van der Waals surface area contributed by atoms with Crippen molar-refractivity contribution in [1.29, 1.82) is 0 Å². The minimum Gasteiger partial charge on any atom is -0.378 e. The Labute approximate surface area is 109 Å². The van der Waals surface area contributed by atoms with Gasteiger partial charge < -0.3 is 14.2 Å². The summed E-state index contributed by atoms with van der Waals surface area (Å²) in [6, 6.07) is 0. The molecule has 1 saturated heterocycles. The average Bonchev–Trinajstić information content (AvgIpc) is 2.80. The number of ether oxygens (including phenoxy) is 3. The lowest BCUT2D eigenvalue weighted by molar-refractivity contribution is -0.191. The minimum atomic E-state index is -0.238. The third-order valence-corrected chi connectivity index (χ3v) is 4.48. The van der Waals surface area contributed by atoms with Gasteiger partial charge in [-0.3, -0.25) is 0 Å². The van der Waals surface area contributed by atoms with E-state index in [4.69, 9.17) is 14.2 Å². The lowest BCUT2D eigenvalue weighted by Gasteiger charge is -2.35. The maximum atomic E-state index is 5.91. The van der Waals surface area contributed by atoms with Crippen molar-refractivity contribution in [3.05, 3.63) is 0 Å². The molecule has 0 aromatic rings. The van der Waals surface area contributed by atoms with Gasteiger partial charge in [0.25, 0.3) is 0 Å². The number of hydrogen-bond acceptors (Lipinski definition) is 4. The topological polar surface area (TPSA) is 27.7 Å². The van der Waals surface area contributed by atoms with Crippen LogP contribution >= 0.6 is 11.8 Å². The van der Waals surface area contributed by atoms with Gasteiger partial charge in [-0.2, -0.15) is 11.8 Å². The van der Waals surface area contributed by atoms with Gasteiger partial charge in [-0.25, -0.2) is 0 Å². The molecule has 2 aliphatic rings. The molecule has 1 spiro atoms. The van der Waals surface area contributed by atoms with Crippen molar-refractivity contribution in [3.8, 4) is 0 Å². The van der Waals surface area contributed by atoms with E-state index in [1.165, 1.54) is 17.9 Å². The summed E-state index contributed by atoms with van der Waals surface area (Å²) < 4.78 is 17.3. The average molecular weight is 260 g/mol. The van der Waals surface area contributed by atoms with Crippen LogP contribution in [0.1, 0.15) is 39.0 Å². The molecule has 0 atom stereocenters. The van der Waals surface area contributed by atoms with Crippen LogP contribution in [0.25, 0.3) is 0 Å². The van der Waals surface area contributed by atoms with Crippen LogP contribution in [0.4, 0.5) is 0 Å². The zero-order chi connectivity index (χ0) is 12.0. The molecule has 0 bridgehead atoms. The van der Waals surface area contributed by atoms with Crippen LogP contribution in [-0.2, 0) is 14.2 Å². The Morgan fingerprint density at radius 3 is 2.59 bits per heavy atom. The Bertz CT molecular complexity index is 207. The van der Waals surface area contributed by atoms with E-state index in [-0.39, 0.29) is 5.79 Å². The zero-order valence-corrected chi connectivity index (χ0v) is 11.6. The van der Waals surface area contributed by atoms with E-state index in [1.807, 2.05) is 11.8 Å². The Morgan fingerprint density at radius 1 is 1.24 bits per heavy atom. The van der Waals surface area contributed by atoms with Crippen LogP contribution in [0.2, 0.25) is 0 Å². The standard InChI is InChI=1S/C13H24O3S/c1-2-17-11-3-8-14-12-4-6-13(7-5-12)15-9-10-16-13/h12H,2-11H2,1H3. The number of thioether (sulfide) groups is 1. The Kier molecular flexibility index (Phi) is 5.60. The molecule has 3 nitrogen and oxygen atoms in total. The van der Waals surface area contributed by atoms with Gasteiger partial charge >= 0.3 is 0 Å². The third-order valence-electron chi connectivity index (χ3n) is 3.50. The molecule has 1 saturated carbocycles. The smallest absolute Gasteiger partial charge is 0.168 e. The third kappa shape index (κ3) is 4.12. The molecule has 1 aliphatic heterocycles. The lowest BCUT2D eigenvalue weighted by atomic mass is 9.92. The van der Waals surface area contributed by atoms with Crippen molar-refractivity contribution in [2.75, 3.05) is 31.3 Å². The Balaban J connectivity index is 1.56. The molecule has 17 heavy (non-hydrogen) atoms. The molecule has 4 heteroatoms. The summed E-state index contributed by atoms with van der Waals surface area (Å²) in [5.74, 6) is 2.19. The van der Waals surface area contributed by atoms with Gasteiger partial charge in [0.1, 0.15) is 0 Å². The first-order valence-corrected chi connectivity index (χ1v) is 7.97. The number of hydrogen-bond donors (Lipinski definition) is 0. The van der Waals surface area contributed by atoms with Gasteiger partial charge in [-0.05, 0) is 30.8 Å². The predicted molar refractivity (Wildman–Crippen MR) is 70.5 cm³/mol. The van der Waals surface area contributed by atoms with Crippen LogP contribution in [-0.4, -0.2) is 43.2 Å². The highest BCUT2D eigenvalue weighted by molar-refractivity contribution is 7.99. The monoisotopic (exact) mass is 260 g/mol. The molecule has 0 unspecified atom stereocenters. The quantitative estimate of drug-likeness (QED) is 0.686. The molecular weight excluding hydrogens is 236 g/mol. The second-order valence-corrected chi connectivity index (χ2v) is 6.12.